The Morgan fingerprint density at radius 3 is 2.50 bits per heavy atom. The molecule has 1 unspecified atom stereocenters. The van der Waals surface area contributed by atoms with Gasteiger partial charge in [0.1, 0.15) is 5.69 Å². The number of aromatic amines is 2. The van der Waals surface area contributed by atoms with Gasteiger partial charge in [-0.05, 0) is 21.0 Å². The van der Waals surface area contributed by atoms with Crippen molar-refractivity contribution in [2.75, 3.05) is 14.1 Å². The van der Waals surface area contributed by atoms with Gasteiger partial charge in [-0.2, -0.15) is 0 Å². The Bertz CT molecular complexity index is 460. The second kappa shape index (κ2) is 4.75. The zero-order chi connectivity index (χ0) is 12.3. The third-order valence-corrected chi connectivity index (χ3v) is 1.99. The van der Waals surface area contributed by atoms with Gasteiger partial charge in [-0.15, -0.1) is 0 Å². The van der Waals surface area contributed by atoms with Crippen LogP contribution in [0.1, 0.15) is 17.4 Å². The van der Waals surface area contributed by atoms with Crippen LogP contribution in [0.2, 0.25) is 0 Å². The largest absolute Gasteiger partial charge is 0.442 e. The Labute approximate surface area is 91.1 Å². The van der Waals surface area contributed by atoms with Crippen LogP contribution in [0.25, 0.3) is 0 Å². The summed E-state index contributed by atoms with van der Waals surface area (Å²) in [6.07, 6.45) is -0.449. The number of H-pyrrole nitrogens is 2. The van der Waals surface area contributed by atoms with Gasteiger partial charge >= 0.3 is 11.7 Å². The first-order valence-corrected chi connectivity index (χ1v) is 4.61. The monoisotopic (exact) mass is 227 g/mol. The van der Waals surface area contributed by atoms with E-state index in [-0.39, 0.29) is 5.69 Å². The van der Waals surface area contributed by atoms with Gasteiger partial charge in [0, 0.05) is 6.07 Å². The molecule has 1 aromatic rings. The van der Waals surface area contributed by atoms with Crippen LogP contribution in [0.4, 0.5) is 0 Å². The van der Waals surface area contributed by atoms with E-state index in [2.05, 4.69) is 4.98 Å². The molecule has 0 fully saturated rings. The molecule has 2 N–H and O–H groups in total. The van der Waals surface area contributed by atoms with Crippen LogP contribution < -0.4 is 11.2 Å². The fourth-order valence-electron chi connectivity index (χ4n) is 0.902. The average molecular weight is 227 g/mol. The van der Waals surface area contributed by atoms with Gasteiger partial charge in [-0.3, -0.25) is 14.7 Å². The average Bonchev–Trinajstić information content (AvgIpc) is 2.15. The zero-order valence-corrected chi connectivity index (χ0v) is 9.23. The smallest absolute Gasteiger partial charge is 0.356 e. The number of carbonyl (C=O) groups excluding carboxylic acids is 1. The molecule has 16 heavy (non-hydrogen) atoms. The molecule has 0 spiro atoms. The maximum atomic E-state index is 11.5. The summed E-state index contributed by atoms with van der Waals surface area (Å²) in [5, 5.41) is 0. The number of esters is 1. The molecule has 0 saturated heterocycles. The maximum absolute atomic E-state index is 11.5. The van der Waals surface area contributed by atoms with Crippen molar-refractivity contribution in [3.8, 4) is 0 Å². The van der Waals surface area contributed by atoms with Gasteiger partial charge in [0.15, 0.2) is 6.23 Å². The van der Waals surface area contributed by atoms with Crippen LogP contribution in [0.5, 0.6) is 0 Å². The molecule has 1 aromatic heterocycles. The summed E-state index contributed by atoms with van der Waals surface area (Å²) < 4.78 is 4.97. The Hall–Kier alpha value is -1.89. The minimum absolute atomic E-state index is 0.164. The molecule has 0 saturated carbocycles. The van der Waals surface area contributed by atoms with Gasteiger partial charge in [-0.25, -0.2) is 9.59 Å². The van der Waals surface area contributed by atoms with Gasteiger partial charge in [-0.1, -0.05) is 0 Å². The van der Waals surface area contributed by atoms with Crippen molar-refractivity contribution in [3.63, 3.8) is 0 Å². The molecule has 88 valence electrons. The van der Waals surface area contributed by atoms with Gasteiger partial charge in [0.25, 0.3) is 5.56 Å². The van der Waals surface area contributed by atoms with Crippen molar-refractivity contribution >= 4 is 5.97 Å². The number of ether oxygens (including phenoxy) is 1. The lowest BCUT2D eigenvalue weighted by Crippen LogP contribution is -2.32. The van der Waals surface area contributed by atoms with Crippen LogP contribution in [-0.4, -0.2) is 41.2 Å². The first-order valence-electron chi connectivity index (χ1n) is 4.61. The Morgan fingerprint density at radius 2 is 2.00 bits per heavy atom. The highest BCUT2D eigenvalue weighted by Crippen LogP contribution is 1.99. The van der Waals surface area contributed by atoms with Gasteiger partial charge in [0.05, 0.1) is 0 Å². The van der Waals surface area contributed by atoms with Crippen molar-refractivity contribution < 1.29 is 9.53 Å². The molecule has 0 radical (unpaired) electrons. The molecule has 0 aliphatic carbocycles. The van der Waals surface area contributed by atoms with Crippen LogP contribution in [0, 0.1) is 0 Å². The third kappa shape index (κ3) is 3.06. The van der Waals surface area contributed by atoms with Crippen molar-refractivity contribution in [3.05, 3.63) is 32.6 Å². The number of nitrogens with one attached hydrogen (secondary N) is 2. The summed E-state index contributed by atoms with van der Waals surface area (Å²) in [5.74, 6) is -0.746. The number of hydrogen-bond donors (Lipinski definition) is 2. The Morgan fingerprint density at radius 1 is 1.38 bits per heavy atom. The van der Waals surface area contributed by atoms with Gasteiger partial charge in [0.2, 0.25) is 0 Å². The summed E-state index contributed by atoms with van der Waals surface area (Å²) in [5.41, 5.74) is -1.55. The van der Waals surface area contributed by atoms with E-state index in [1.807, 2.05) is 4.98 Å². The number of nitrogens with zero attached hydrogens (tertiary/aromatic N) is 1. The first kappa shape index (κ1) is 12.2. The molecular formula is C9H13N3O4. The molecule has 0 bridgehead atoms. The molecule has 7 nitrogen and oxygen atoms in total. The highest BCUT2D eigenvalue weighted by Gasteiger charge is 2.14. The van der Waals surface area contributed by atoms with Crippen LogP contribution in [0.15, 0.2) is 15.7 Å². The van der Waals surface area contributed by atoms with E-state index in [4.69, 9.17) is 4.74 Å². The lowest BCUT2D eigenvalue weighted by atomic mass is 10.4. The Balaban J connectivity index is 2.89. The summed E-state index contributed by atoms with van der Waals surface area (Å²) in [6.45, 7) is 1.67. The number of aromatic nitrogens is 2. The standard InChI is InChI=1S/C9H13N3O4/c1-5(12(2)3)16-8(14)6-4-7(13)11-9(15)10-6/h4-5H,1-3H3,(H2,10,11,13,15). The number of rotatable bonds is 3. The molecule has 1 atom stereocenters. The second-order valence-electron chi connectivity index (χ2n) is 3.47. The molecule has 1 rings (SSSR count). The highest BCUT2D eigenvalue weighted by molar-refractivity contribution is 5.87. The summed E-state index contributed by atoms with van der Waals surface area (Å²) >= 11 is 0. The molecule has 7 heteroatoms. The maximum Gasteiger partial charge on any atom is 0.356 e. The minimum atomic E-state index is -0.746. The number of carbonyl (C=O) groups is 1. The minimum Gasteiger partial charge on any atom is -0.442 e. The van der Waals surface area contributed by atoms with Crippen molar-refractivity contribution in [1.29, 1.82) is 0 Å². The predicted molar refractivity (Wildman–Crippen MR) is 56.2 cm³/mol. The van der Waals surface area contributed by atoms with E-state index in [0.29, 0.717) is 0 Å². The van der Waals surface area contributed by atoms with E-state index in [0.717, 1.165) is 6.07 Å². The topological polar surface area (TPSA) is 95.3 Å². The van der Waals surface area contributed by atoms with Gasteiger partial charge < -0.3 is 9.72 Å². The quantitative estimate of drug-likeness (QED) is 0.517. The second-order valence-corrected chi connectivity index (χ2v) is 3.47. The first-order chi connectivity index (χ1) is 7.40. The Kier molecular flexibility index (Phi) is 3.62. The lowest BCUT2D eigenvalue weighted by Gasteiger charge is -2.19. The van der Waals surface area contributed by atoms with Crippen LogP contribution in [0.3, 0.4) is 0 Å². The molecule has 1 heterocycles. The fourth-order valence-corrected chi connectivity index (χ4v) is 0.902. The van der Waals surface area contributed by atoms with Crippen LogP contribution in [-0.2, 0) is 4.74 Å². The van der Waals surface area contributed by atoms with Crippen molar-refractivity contribution in [2.45, 2.75) is 13.2 Å². The normalized spacial score (nSPS) is 12.5. The highest BCUT2D eigenvalue weighted by atomic mass is 16.6. The van der Waals surface area contributed by atoms with E-state index in [1.165, 1.54) is 0 Å². The zero-order valence-electron chi connectivity index (χ0n) is 9.23. The summed E-state index contributed by atoms with van der Waals surface area (Å²) in [6, 6.07) is 0.978. The fraction of sp³-hybridized carbons (Fsp3) is 0.444. The molecular weight excluding hydrogens is 214 g/mol. The van der Waals surface area contributed by atoms with Crippen molar-refractivity contribution in [1.82, 2.24) is 14.9 Å². The molecule has 0 aliphatic rings. The van der Waals surface area contributed by atoms with Crippen LogP contribution >= 0.6 is 0 Å². The van der Waals surface area contributed by atoms with E-state index < -0.39 is 23.4 Å². The molecule has 0 aliphatic heterocycles. The lowest BCUT2D eigenvalue weighted by molar-refractivity contribution is -0.00612. The SMILES string of the molecule is CC(OC(=O)c1cc(=O)[nH]c(=O)[nH]1)N(C)C. The summed E-state index contributed by atoms with van der Waals surface area (Å²) in [7, 11) is 3.47. The predicted octanol–water partition coefficient (Wildman–Crippen LogP) is -0.872. The van der Waals surface area contributed by atoms with E-state index >= 15 is 0 Å². The van der Waals surface area contributed by atoms with E-state index in [1.54, 1.807) is 25.9 Å². The summed E-state index contributed by atoms with van der Waals surface area (Å²) in [4.78, 5) is 39.2. The molecule has 0 aromatic carbocycles. The molecule has 0 amide bonds. The number of hydrogen-bond acceptors (Lipinski definition) is 5. The van der Waals surface area contributed by atoms with E-state index in [9.17, 15) is 14.4 Å². The van der Waals surface area contributed by atoms with Crippen molar-refractivity contribution in [2.24, 2.45) is 0 Å². The third-order valence-electron chi connectivity index (χ3n) is 1.99.